The van der Waals surface area contributed by atoms with E-state index < -0.39 is 10.8 Å². The Kier molecular flexibility index (Phi) is 5.68. The number of halogens is 1. The molecule has 0 saturated carbocycles. The van der Waals surface area contributed by atoms with Gasteiger partial charge in [0.2, 0.25) is 0 Å². The topological polar surface area (TPSA) is 34.1 Å². The molecule has 2 nitrogen and oxygen atoms in total. The fourth-order valence-electron chi connectivity index (χ4n) is 1.86. The first-order chi connectivity index (χ1) is 9.66. The van der Waals surface area contributed by atoms with Crippen molar-refractivity contribution in [2.24, 2.45) is 0 Å². The van der Waals surface area contributed by atoms with Gasteiger partial charge in [-0.25, -0.2) is 0 Å². The average molecular weight is 351 g/mol. The Labute approximate surface area is 129 Å². The van der Waals surface area contributed by atoms with E-state index in [-0.39, 0.29) is 5.78 Å². The number of carbonyl (C=O) groups excluding carboxylic acids is 1. The molecular formula is C16H15BrO2S. The molecule has 2 rings (SSSR count). The number of Topliss-reactive ketones (excluding diaryl/α,β-unsaturated/α-hetero) is 1. The SMILES string of the molecule is O=C(CCCS(=O)c1cccc(Br)c1)c1ccccc1. The first-order valence-electron chi connectivity index (χ1n) is 6.39. The molecule has 1 atom stereocenters. The van der Waals surface area contributed by atoms with Gasteiger partial charge in [-0.1, -0.05) is 52.3 Å². The van der Waals surface area contributed by atoms with Gasteiger partial charge in [-0.3, -0.25) is 9.00 Å². The van der Waals surface area contributed by atoms with Crippen LogP contribution in [0.25, 0.3) is 0 Å². The molecule has 0 heterocycles. The van der Waals surface area contributed by atoms with Gasteiger partial charge in [0, 0.05) is 27.1 Å². The first kappa shape index (κ1) is 15.1. The maximum absolute atomic E-state index is 12.1. The van der Waals surface area contributed by atoms with Gasteiger partial charge in [0.25, 0.3) is 0 Å². The van der Waals surface area contributed by atoms with Crippen LogP contribution >= 0.6 is 15.9 Å². The van der Waals surface area contributed by atoms with Crippen LogP contribution < -0.4 is 0 Å². The number of benzene rings is 2. The lowest BCUT2D eigenvalue weighted by atomic mass is 10.1. The molecule has 0 aliphatic carbocycles. The number of rotatable bonds is 6. The summed E-state index contributed by atoms with van der Waals surface area (Å²) in [5.74, 6) is 0.617. The highest BCUT2D eigenvalue weighted by molar-refractivity contribution is 9.10. The minimum absolute atomic E-state index is 0.108. The van der Waals surface area contributed by atoms with Crippen LogP contribution in [0.5, 0.6) is 0 Å². The predicted molar refractivity (Wildman–Crippen MR) is 85.4 cm³/mol. The Balaban J connectivity index is 1.84. The van der Waals surface area contributed by atoms with Crippen molar-refractivity contribution < 1.29 is 9.00 Å². The second-order valence-electron chi connectivity index (χ2n) is 4.40. The standard InChI is InChI=1S/C16H15BrO2S/c17-14-8-4-9-15(12-14)20(19)11-5-10-16(18)13-6-2-1-3-7-13/h1-4,6-9,12H,5,10-11H2. The van der Waals surface area contributed by atoms with Crippen molar-refractivity contribution in [3.05, 3.63) is 64.6 Å². The molecule has 0 aliphatic rings. The summed E-state index contributed by atoms with van der Waals surface area (Å²) in [4.78, 5) is 12.7. The van der Waals surface area contributed by atoms with Gasteiger partial charge in [-0.2, -0.15) is 0 Å². The van der Waals surface area contributed by atoms with E-state index in [1.165, 1.54) is 0 Å². The molecule has 0 fully saturated rings. The summed E-state index contributed by atoms with van der Waals surface area (Å²) in [6, 6.07) is 16.7. The van der Waals surface area contributed by atoms with E-state index in [9.17, 15) is 9.00 Å². The van der Waals surface area contributed by atoms with E-state index in [1.54, 1.807) is 0 Å². The third-order valence-electron chi connectivity index (χ3n) is 2.89. The van der Waals surface area contributed by atoms with E-state index in [2.05, 4.69) is 15.9 Å². The van der Waals surface area contributed by atoms with Crippen molar-refractivity contribution in [1.82, 2.24) is 0 Å². The maximum atomic E-state index is 12.1. The Bertz CT molecular complexity index is 611. The van der Waals surface area contributed by atoms with Crippen LogP contribution in [0, 0.1) is 0 Å². The van der Waals surface area contributed by atoms with Gasteiger partial charge in [0.05, 0.1) is 10.8 Å². The maximum Gasteiger partial charge on any atom is 0.162 e. The molecule has 2 aromatic carbocycles. The lowest BCUT2D eigenvalue weighted by molar-refractivity contribution is 0.0982. The number of hydrogen-bond donors (Lipinski definition) is 0. The fourth-order valence-corrected chi connectivity index (χ4v) is 3.54. The van der Waals surface area contributed by atoms with Crippen molar-refractivity contribution in [2.75, 3.05) is 5.75 Å². The van der Waals surface area contributed by atoms with E-state index in [0.29, 0.717) is 18.6 Å². The lowest BCUT2D eigenvalue weighted by Gasteiger charge is -2.03. The Hall–Kier alpha value is -1.26. The molecule has 0 saturated heterocycles. The van der Waals surface area contributed by atoms with Crippen LogP contribution in [0.1, 0.15) is 23.2 Å². The molecule has 0 aliphatic heterocycles. The van der Waals surface area contributed by atoms with Gasteiger partial charge in [-0.05, 0) is 24.6 Å². The Morgan fingerprint density at radius 3 is 2.50 bits per heavy atom. The minimum atomic E-state index is -1.05. The molecule has 2 aromatic rings. The summed E-state index contributed by atoms with van der Waals surface area (Å²) in [5.41, 5.74) is 0.723. The Morgan fingerprint density at radius 1 is 1.05 bits per heavy atom. The van der Waals surface area contributed by atoms with Crippen LogP contribution in [0.15, 0.2) is 64.0 Å². The van der Waals surface area contributed by atoms with Crippen molar-refractivity contribution in [3.63, 3.8) is 0 Å². The van der Waals surface area contributed by atoms with Crippen LogP contribution in [-0.4, -0.2) is 15.7 Å². The smallest absolute Gasteiger partial charge is 0.162 e. The molecule has 0 radical (unpaired) electrons. The van der Waals surface area contributed by atoms with Gasteiger partial charge in [-0.15, -0.1) is 0 Å². The molecule has 0 bridgehead atoms. The monoisotopic (exact) mass is 350 g/mol. The van der Waals surface area contributed by atoms with E-state index in [1.807, 2.05) is 54.6 Å². The molecule has 0 amide bonds. The summed E-state index contributed by atoms with van der Waals surface area (Å²) < 4.78 is 13.0. The number of ketones is 1. The normalized spacial score (nSPS) is 12.1. The summed E-state index contributed by atoms with van der Waals surface area (Å²) in [6.45, 7) is 0. The molecule has 0 spiro atoms. The van der Waals surface area contributed by atoms with Gasteiger partial charge < -0.3 is 0 Å². The van der Waals surface area contributed by atoms with E-state index in [4.69, 9.17) is 0 Å². The Morgan fingerprint density at radius 2 is 1.80 bits per heavy atom. The summed E-state index contributed by atoms with van der Waals surface area (Å²) >= 11 is 3.36. The van der Waals surface area contributed by atoms with Gasteiger partial charge in [0.1, 0.15) is 0 Å². The molecule has 4 heteroatoms. The zero-order valence-corrected chi connectivity index (χ0v) is 13.3. The summed E-state index contributed by atoms with van der Waals surface area (Å²) in [7, 11) is -1.05. The molecule has 0 aromatic heterocycles. The predicted octanol–water partition coefficient (Wildman–Crippen LogP) is 4.22. The highest BCUT2D eigenvalue weighted by Crippen LogP contribution is 2.16. The largest absolute Gasteiger partial charge is 0.294 e. The van der Waals surface area contributed by atoms with Gasteiger partial charge in [0.15, 0.2) is 5.78 Å². The lowest BCUT2D eigenvalue weighted by Crippen LogP contribution is -2.03. The fraction of sp³-hybridized carbons (Fsp3) is 0.188. The van der Waals surface area contributed by atoms with Crippen LogP contribution in [0.4, 0.5) is 0 Å². The second-order valence-corrected chi connectivity index (χ2v) is 6.89. The summed E-state index contributed by atoms with van der Waals surface area (Å²) in [6.07, 6.45) is 1.07. The van der Waals surface area contributed by atoms with Crippen molar-refractivity contribution in [2.45, 2.75) is 17.7 Å². The zero-order chi connectivity index (χ0) is 14.4. The van der Waals surface area contributed by atoms with Gasteiger partial charge >= 0.3 is 0 Å². The van der Waals surface area contributed by atoms with Crippen molar-refractivity contribution in [1.29, 1.82) is 0 Å². The number of carbonyl (C=O) groups is 1. The highest BCUT2D eigenvalue weighted by Gasteiger charge is 2.08. The zero-order valence-electron chi connectivity index (χ0n) is 10.9. The van der Waals surface area contributed by atoms with E-state index >= 15 is 0 Å². The third kappa shape index (κ3) is 4.39. The average Bonchev–Trinajstić information content (AvgIpc) is 2.48. The first-order valence-corrected chi connectivity index (χ1v) is 8.50. The van der Waals surface area contributed by atoms with E-state index in [0.717, 1.165) is 14.9 Å². The highest BCUT2D eigenvalue weighted by atomic mass is 79.9. The minimum Gasteiger partial charge on any atom is -0.294 e. The van der Waals surface area contributed by atoms with Crippen LogP contribution in [0.3, 0.4) is 0 Å². The third-order valence-corrected chi connectivity index (χ3v) is 4.82. The van der Waals surface area contributed by atoms with Crippen LogP contribution in [-0.2, 0) is 10.8 Å². The number of hydrogen-bond acceptors (Lipinski definition) is 2. The van der Waals surface area contributed by atoms with Crippen LogP contribution in [0.2, 0.25) is 0 Å². The molecule has 0 N–H and O–H groups in total. The van der Waals surface area contributed by atoms with Crippen molar-refractivity contribution in [3.8, 4) is 0 Å². The van der Waals surface area contributed by atoms with Crippen molar-refractivity contribution >= 4 is 32.5 Å². The summed E-state index contributed by atoms with van der Waals surface area (Å²) in [5, 5.41) is 0. The molecule has 20 heavy (non-hydrogen) atoms. The quantitative estimate of drug-likeness (QED) is 0.731. The molecule has 104 valence electrons. The molecule has 1 unspecified atom stereocenters. The second kappa shape index (κ2) is 7.50. The molecular weight excluding hydrogens is 336 g/mol.